The number of nitrogens with zero attached hydrogens (tertiary/aromatic N) is 1. The lowest BCUT2D eigenvalue weighted by atomic mass is 10.0. The molecule has 0 saturated carbocycles. The Morgan fingerprint density at radius 2 is 1.69 bits per heavy atom. The number of pyridine rings is 1. The van der Waals surface area contributed by atoms with Crippen molar-refractivity contribution in [1.29, 1.82) is 0 Å². The molecule has 0 saturated heterocycles. The van der Waals surface area contributed by atoms with Crippen LogP contribution in [0.4, 0.5) is 19.0 Å². The van der Waals surface area contributed by atoms with Crippen LogP contribution < -0.4 is 9.46 Å². The average molecular weight is 382 g/mol. The molecule has 0 unspecified atom stereocenters. The van der Waals surface area contributed by atoms with Crippen LogP contribution in [0.5, 0.6) is 5.75 Å². The standard InChI is InChI=1S/C17H13F3N2O3S/c1-26(23,24)22-15-10-12-4-2-3-5-14(12)16(21-15)11-6-8-13(9-7-11)25-17(18,19)20/h2-10H,1H3,(H,21,22). The Balaban J connectivity index is 2.08. The summed E-state index contributed by atoms with van der Waals surface area (Å²) in [5.74, 6) is -0.229. The monoisotopic (exact) mass is 382 g/mol. The number of anilines is 1. The Morgan fingerprint density at radius 3 is 2.31 bits per heavy atom. The first-order chi connectivity index (χ1) is 12.1. The van der Waals surface area contributed by atoms with Crippen molar-refractivity contribution in [2.24, 2.45) is 0 Å². The highest BCUT2D eigenvalue weighted by Gasteiger charge is 2.31. The van der Waals surface area contributed by atoms with Gasteiger partial charge in [-0.3, -0.25) is 4.72 Å². The van der Waals surface area contributed by atoms with E-state index < -0.39 is 16.4 Å². The molecule has 0 aliphatic rings. The second-order valence-corrected chi connectivity index (χ2v) is 7.27. The van der Waals surface area contributed by atoms with Crippen LogP contribution in [0.1, 0.15) is 0 Å². The quantitative estimate of drug-likeness (QED) is 0.735. The minimum atomic E-state index is -4.77. The zero-order chi connectivity index (χ0) is 18.9. The number of sulfonamides is 1. The number of halogens is 3. The molecule has 26 heavy (non-hydrogen) atoms. The zero-order valence-electron chi connectivity index (χ0n) is 13.4. The number of hydrogen-bond acceptors (Lipinski definition) is 4. The maximum Gasteiger partial charge on any atom is 0.573 e. The molecule has 5 nitrogen and oxygen atoms in total. The maximum atomic E-state index is 12.3. The summed E-state index contributed by atoms with van der Waals surface area (Å²) in [6.07, 6.45) is -3.77. The van der Waals surface area contributed by atoms with Crippen molar-refractivity contribution in [2.75, 3.05) is 11.0 Å². The van der Waals surface area contributed by atoms with Crippen LogP contribution >= 0.6 is 0 Å². The molecule has 0 amide bonds. The first kappa shape index (κ1) is 18.0. The van der Waals surface area contributed by atoms with Gasteiger partial charge in [0.05, 0.1) is 11.9 Å². The topological polar surface area (TPSA) is 68.3 Å². The molecule has 0 spiro atoms. The summed E-state index contributed by atoms with van der Waals surface area (Å²) in [6.45, 7) is 0. The van der Waals surface area contributed by atoms with Crippen molar-refractivity contribution in [3.05, 3.63) is 54.6 Å². The lowest BCUT2D eigenvalue weighted by Crippen LogP contribution is -2.16. The van der Waals surface area contributed by atoms with E-state index in [0.717, 1.165) is 17.0 Å². The molecule has 136 valence electrons. The van der Waals surface area contributed by atoms with Gasteiger partial charge in [0.25, 0.3) is 0 Å². The summed E-state index contributed by atoms with van der Waals surface area (Å²) >= 11 is 0. The number of nitrogens with one attached hydrogen (secondary N) is 1. The summed E-state index contributed by atoms with van der Waals surface area (Å²) in [7, 11) is -3.53. The molecule has 0 aliphatic heterocycles. The molecule has 0 fully saturated rings. The van der Waals surface area contributed by atoms with Crippen molar-refractivity contribution >= 4 is 26.6 Å². The van der Waals surface area contributed by atoms with Crippen molar-refractivity contribution in [1.82, 2.24) is 4.98 Å². The Kier molecular flexibility index (Phi) is 4.49. The maximum absolute atomic E-state index is 12.3. The van der Waals surface area contributed by atoms with Crippen LogP contribution in [0.25, 0.3) is 22.0 Å². The van der Waals surface area contributed by atoms with E-state index in [-0.39, 0.29) is 11.6 Å². The van der Waals surface area contributed by atoms with Gasteiger partial charge in [0, 0.05) is 10.9 Å². The fourth-order valence-electron chi connectivity index (χ4n) is 2.48. The molecule has 1 heterocycles. The minimum absolute atomic E-state index is 0.122. The van der Waals surface area contributed by atoms with Gasteiger partial charge in [-0.15, -0.1) is 13.2 Å². The predicted octanol–water partition coefficient (Wildman–Crippen LogP) is 4.17. The molecule has 0 radical (unpaired) electrons. The van der Waals surface area contributed by atoms with Crippen LogP contribution in [0.15, 0.2) is 54.6 Å². The van der Waals surface area contributed by atoms with E-state index in [9.17, 15) is 21.6 Å². The normalized spacial score (nSPS) is 12.2. The third kappa shape index (κ3) is 4.42. The van der Waals surface area contributed by atoms with E-state index >= 15 is 0 Å². The number of aromatic nitrogens is 1. The molecule has 9 heteroatoms. The molecule has 1 N–H and O–H groups in total. The van der Waals surface area contributed by atoms with Crippen LogP contribution in [0.3, 0.4) is 0 Å². The Hall–Kier alpha value is -2.81. The lowest BCUT2D eigenvalue weighted by molar-refractivity contribution is -0.274. The third-order valence-electron chi connectivity index (χ3n) is 3.39. The van der Waals surface area contributed by atoms with Crippen LogP contribution in [-0.2, 0) is 10.0 Å². The molecule has 0 atom stereocenters. The van der Waals surface area contributed by atoms with Crippen molar-refractivity contribution in [2.45, 2.75) is 6.36 Å². The van der Waals surface area contributed by atoms with Crippen molar-refractivity contribution < 1.29 is 26.3 Å². The van der Waals surface area contributed by atoms with Gasteiger partial charge in [0.2, 0.25) is 10.0 Å². The molecule has 3 rings (SSSR count). The smallest absolute Gasteiger partial charge is 0.406 e. The van der Waals surface area contributed by atoms with Gasteiger partial charge in [-0.1, -0.05) is 24.3 Å². The summed E-state index contributed by atoms with van der Waals surface area (Å²) in [6, 6.07) is 14.0. The highest BCUT2D eigenvalue weighted by molar-refractivity contribution is 7.92. The molecule has 1 aromatic heterocycles. The molecule has 2 aromatic carbocycles. The summed E-state index contributed by atoms with van der Waals surface area (Å²) in [4.78, 5) is 4.31. The van der Waals surface area contributed by atoms with Crippen molar-refractivity contribution in [3.8, 4) is 17.0 Å². The Morgan fingerprint density at radius 1 is 1.04 bits per heavy atom. The fraction of sp³-hybridized carbons (Fsp3) is 0.118. The summed E-state index contributed by atoms with van der Waals surface area (Å²) in [5, 5.41) is 1.47. The first-order valence-electron chi connectivity index (χ1n) is 7.34. The summed E-state index contributed by atoms with van der Waals surface area (Å²) < 4.78 is 66.0. The predicted molar refractivity (Wildman–Crippen MR) is 92.3 cm³/mol. The highest BCUT2D eigenvalue weighted by Crippen LogP contribution is 2.31. The van der Waals surface area contributed by atoms with Crippen molar-refractivity contribution in [3.63, 3.8) is 0 Å². The van der Waals surface area contributed by atoms with E-state index in [2.05, 4.69) is 14.4 Å². The largest absolute Gasteiger partial charge is 0.573 e. The number of benzene rings is 2. The van der Waals surface area contributed by atoms with Gasteiger partial charge in [0.15, 0.2) is 0 Å². The highest BCUT2D eigenvalue weighted by atomic mass is 32.2. The van der Waals surface area contributed by atoms with Gasteiger partial charge >= 0.3 is 6.36 Å². The van der Waals surface area contributed by atoms with Gasteiger partial charge < -0.3 is 4.74 Å². The molecular weight excluding hydrogens is 369 g/mol. The second-order valence-electron chi connectivity index (χ2n) is 5.52. The first-order valence-corrected chi connectivity index (χ1v) is 9.24. The number of hydrogen-bond donors (Lipinski definition) is 1. The van der Waals surface area contributed by atoms with E-state index in [1.807, 2.05) is 0 Å². The van der Waals surface area contributed by atoms with Gasteiger partial charge in [0.1, 0.15) is 11.6 Å². The molecule has 3 aromatic rings. The van der Waals surface area contributed by atoms with Gasteiger partial charge in [-0.25, -0.2) is 13.4 Å². The van der Waals surface area contributed by atoms with E-state index in [1.165, 1.54) is 24.3 Å². The zero-order valence-corrected chi connectivity index (χ0v) is 14.2. The number of rotatable bonds is 4. The number of alkyl halides is 3. The van der Waals surface area contributed by atoms with Gasteiger partial charge in [-0.05, 0) is 35.7 Å². The SMILES string of the molecule is CS(=O)(=O)Nc1cc2ccccc2c(-c2ccc(OC(F)(F)F)cc2)n1. The lowest BCUT2D eigenvalue weighted by Gasteiger charge is -2.12. The molecule has 0 aliphatic carbocycles. The molecular formula is C17H13F3N2O3S. The number of ether oxygens (including phenoxy) is 1. The Labute approximate surface area is 147 Å². The van der Waals surface area contributed by atoms with E-state index in [4.69, 9.17) is 0 Å². The average Bonchev–Trinajstić information content (AvgIpc) is 2.52. The van der Waals surface area contributed by atoms with Gasteiger partial charge in [-0.2, -0.15) is 0 Å². The second kappa shape index (κ2) is 6.49. The number of fused-ring (bicyclic) bond motifs is 1. The third-order valence-corrected chi connectivity index (χ3v) is 3.97. The van der Waals surface area contributed by atoms with E-state index in [0.29, 0.717) is 11.3 Å². The van der Waals surface area contributed by atoms with Crippen LogP contribution in [0, 0.1) is 0 Å². The van der Waals surface area contributed by atoms with Crippen LogP contribution in [-0.4, -0.2) is 26.0 Å². The van der Waals surface area contributed by atoms with E-state index in [1.54, 1.807) is 30.3 Å². The molecule has 0 bridgehead atoms. The fourth-order valence-corrected chi connectivity index (χ4v) is 2.96. The van der Waals surface area contributed by atoms with Crippen LogP contribution in [0.2, 0.25) is 0 Å². The minimum Gasteiger partial charge on any atom is -0.406 e. The summed E-state index contributed by atoms with van der Waals surface area (Å²) in [5.41, 5.74) is 0.959. The Bertz CT molecular complexity index is 1050.